The van der Waals surface area contributed by atoms with Gasteiger partial charge < -0.3 is 10.8 Å². The number of guanidine groups is 1. The molecule has 13 heavy (non-hydrogen) atoms. The van der Waals surface area contributed by atoms with Crippen LogP contribution in [0.3, 0.4) is 0 Å². The number of aliphatic imine (C=N–C) groups is 1. The Bertz CT molecular complexity index is 157. The Morgan fingerprint density at radius 2 is 2.00 bits per heavy atom. The fraction of sp³-hybridized carbons (Fsp3) is 0.875. The molecule has 0 saturated heterocycles. The van der Waals surface area contributed by atoms with Crippen molar-refractivity contribution < 1.29 is 5.11 Å². The van der Waals surface area contributed by atoms with Crippen LogP contribution in [-0.4, -0.2) is 24.2 Å². The number of nitrogens with zero attached hydrogens (tertiary/aromatic N) is 1. The molecule has 0 amide bonds. The summed E-state index contributed by atoms with van der Waals surface area (Å²) in [5.41, 5.74) is 7.48. The largest absolute Gasteiger partial charge is 0.396 e. The van der Waals surface area contributed by atoms with E-state index < -0.39 is 0 Å². The molecule has 0 aromatic heterocycles. The molecule has 0 spiro atoms. The van der Waals surface area contributed by atoms with Crippen molar-refractivity contribution in [3.63, 3.8) is 0 Å². The Hall–Kier alpha value is -0.810. The van der Waals surface area contributed by atoms with Gasteiger partial charge in [0.2, 0.25) is 5.96 Å². The lowest BCUT2D eigenvalue weighted by atomic mass is 9.83. The quantitative estimate of drug-likeness (QED) is 0.203. The van der Waals surface area contributed by atoms with Crippen LogP contribution in [0.2, 0.25) is 0 Å². The number of hydrogen-bond donors (Lipinski definition) is 4. The number of nitrogens with two attached hydrogens (primary N) is 2. The highest BCUT2D eigenvalue weighted by molar-refractivity contribution is 5.77. The average Bonchev–Trinajstić information content (AvgIpc) is 2.20. The third-order valence-corrected chi connectivity index (χ3v) is 2.57. The van der Waals surface area contributed by atoms with E-state index in [1.807, 2.05) is 13.8 Å². The van der Waals surface area contributed by atoms with Gasteiger partial charge in [-0.05, 0) is 12.8 Å². The molecule has 0 aliphatic heterocycles. The number of hydrazine groups is 1. The van der Waals surface area contributed by atoms with Gasteiger partial charge in [0.15, 0.2) is 0 Å². The molecule has 0 aromatic carbocycles. The van der Waals surface area contributed by atoms with Crippen molar-refractivity contribution in [1.82, 2.24) is 5.43 Å². The minimum atomic E-state index is -0.151. The van der Waals surface area contributed by atoms with Crippen molar-refractivity contribution in [1.29, 1.82) is 0 Å². The van der Waals surface area contributed by atoms with E-state index >= 15 is 0 Å². The molecule has 0 aromatic rings. The summed E-state index contributed by atoms with van der Waals surface area (Å²) >= 11 is 0. The first-order chi connectivity index (χ1) is 6.14. The molecule has 0 aliphatic rings. The van der Waals surface area contributed by atoms with E-state index in [4.69, 9.17) is 11.6 Å². The van der Waals surface area contributed by atoms with Gasteiger partial charge >= 0.3 is 0 Å². The van der Waals surface area contributed by atoms with Crippen molar-refractivity contribution in [2.45, 2.75) is 26.7 Å². The number of nitrogens with one attached hydrogen (secondary N) is 1. The van der Waals surface area contributed by atoms with Crippen LogP contribution >= 0.6 is 0 Å². The zero-order valence-corrected chi connectivity index (χ0v) is 8.38. The van der Waals surface area contributed by atoms with E-state index in [0.717, 1.165) is 12.8 Å². The first kappa shape index (κ1) is 12.2. The van der Waals surface area contributed by atoms with E-state index in [-0.39, 0.29) is 18.0 Å². The second-order valence-electron chi connectivity index (χ2n) is 3.21. The first-order valence-corrected chi connectivity index (χ1v) is 4.51. The predicted octanol–water partition coefficient (Wildman–Crippen LogP) is -0.437. The van der Waals surface area contributed by atoms with Gasteiger partial charge in [0.25, 0.3) is 0 Å². The molecule has 5 heteroatoms. The maximum Gasteiger partial charge on any atom is 0.203 e. The smallest absolute Gasteiger partial charge is 0.203 e. The molecule has 0 heterocycles. The topological polar surface area (TPSA) is 96.7 Å². The summed E-state index contributed by atoms with van der Waals surface area (Å²) in [5.74, 6) is 5.27. The highest BCUT2D eigenvalue weighted by Gasteiger charge is 2.24. The predicted molar refractivity (Wildman–Crippen MR) is 53.9 cm³/mol. The Kier molecular flexibility index (Phi) is 5.41. The van der Waals surface area contributed by atoms with Crippen LogP contribution in [0.5, 0.6) is 0 Å². The Labute approximate surface area is 79.2 Å². The zero-order chi connectivity index (χ0) is 10.3. The summed E-state index contributed by atoms with van der Waals surface area (Å²) in [5, 5.41) is 9.20. The van der Waals surface area contributed by atoms with E-state index in [9.17, 15) is 5.11 Å². The van der Waals surface area contributed by atoms with Gasteiger partial charge in [0, 0.05) is 5.41 Å². The minimum Gasteiger partial charge on any atom is -0.396 e. The van der Waals surface area contributed by atoms with Crippen molar-refractivity contribution >= 4 is 5.96 Å². The molecule has 0 radical (unpaired) electrons. The third-order valence-electron chi connectivity index (χ3n) is 2.57. The van der Waals surface area contributed by atoms with Crippen LogP contribution < -0.4 is 17.0 Å². The summed E-state index contributed by atoms with van der Waals surface area (Å²) in [4.78, 5) is 4.03. The van der Waals surface area contributed by atoms with Gasteiger partial charge in [-0.15, -0.1) is 0 Å². The van der Waals surface area contributed by atoms with Crippen molar-refractivity contribution in [2.75, 3.05) is 13.2 Å². The van der Waals surface area contributed by atoms with Gasteiger partial charge in [-0.25, -0.2) is 5.84 Å². The van der Waals surface area contributed by atoms with E-state index in [2.05, 4.69) is 10.4 Å². The average molecular weight is 188 g/mol. The fourth-order valence-corrected chi connectivity index (χ4v) is 1.05. The molecular formula is C8H20N4O. The molecule has 0 fully saturated rings. The minimum absolute atomic E-state index is 0.126. The van der Waals surface area contributed by atoms with Crippen LogP contribution in [0.25, 0.3) is 0 Å². The SMILES string of the molecule is CCC(CC)(CO)CN=C(N)NN. The Balaban J connectivity index is 4.25. The lowest BCUT2D eigenvalue weighted by molar-refractivity contribution is 0.123. The molecule has 6 N–H and O–H groups in total. The lowest BCUT2D eigenvalue weighted by Gasteiger charge is -2.27. The number of rotatable bonds is 5. The molecule has 0 rings (SSSR count). The van der Waals surface area contributed by atoms with Crippen LogP contribution in [0.1, 0.15) is 26.7 Å². The summed E-state index contributed by atoms with van der Waals surface area (Å²) in [6, 6.07) is 0. The summed E-state index contributed by atoms with van der Waals surface area (Å²) in [6.07, 6.45) is 1.75. The standard InChI is InChI=1S/C8H20N4O/c1-3-8(4-2,6-13)5-11-7(9)12-10/h13H,3-6,10H2,1-2H3,(H3,9,11,12). The van der Waals surface area contributed by atoms with Crippen molar-refractivity contribution in [3.05, 3.63) is 0 Å². The van der Waals surface area contributed by atoms with Crippen molar-refractivity contribution in [2.24, 2.45) is 22.0 Å². The van der Waals surface area contributed by atoms with Crippen molar-refractivity contribution in [3.8, 4) is 0 Å². The molecule has 0 aliphatic carbocycles. The molecular weight excluding hydrogens is 168 g/mol. The van der Waals surface area contributed by atoms with E-state index in [1.54, 1.807) is 0 Å². The molecule has 5 nitrogen and oxygen atoms in total. The van der Waals surface area contributed by atoms with E-state index in [0.29, 0.717) is 6.54 Å². The number of hydrogen-bond acceptors (Lipinski definition) is 3. The summed E-state index contributed by atoms with van der Waals surface area (Å²) in [7, 11) is 0. The fourth-order valence-electron chi connectivity index (χ4n) is 1.05. The molecule has 0 saturated carbocycles. The normalized spacial score (nSPS) is 13.1. The monoisotopic (exact) mass is 188 g/mol. The molecule has 0 bridgehead atoms. The van der Waals surface area contributed by atoms with Gasteiger partial charge in [-0.3, -0.25) is 10.4 Å². The summed E-state index contributed by atoms with van der Waals surface area (Å²) < 4.78 is 0. The van der Waals surface area contributed by atoms with E-state index in [1.165, 1.54) is 0 Å². The second-order valence-corrected chi connectivity index (χ2v) is 3.21. The van der Waals surface area contributed by atoms with Crippen LogP contribution in [0, 0.1) is 5.41 Å². The lowest BCUT2D eigenvalue weighted by Crippen LogP contribution is -2.38. The van der Waals surface area contributed by atoms with Gasteiger partial charge in [0.1, 0.15) is 0 Å². The third kappa shape index (κ3) is 3.61. The highest BCUT2D eigenvalue weighted by atomic mass is 16.3. The second kappa shape index (κ2) is 5.77. The zero-order valence-electron chi connectivity index (χ0n) is 8.38. The Morgan fingerprint density at radius 3 is 2.31 bits per heavy atom. The van der Waals surface area contributed by atoms with Crippen LogP contribution in [0.4, 0.5) is 0 Å². The Morgan fingerprint density at radius 1 is 1.46 bits per heavy atom. The maximum atomic E-state index is 9.20. The molecule has 0 unspecified atom stereocenters. The van der Waals surface area contributed by atoms with Crippen LogP contribution in [0.15, 0.2) is 4.99 Å². The first-order valence-electron chi connectivity index (χ1n) is 4.51. The maximum absolute atomic E-state index is 9.20. The number of aliphatic hydroxyl groups excluding tert-OH is 1. The molecule has 78 valence electrons. The molecule has 0 atom stereocenters. The number of aliphatic hydroxyl groups is 1. The summed E-state index contributed by atoms with van der Waals surface area (Å²) in [6.45, 7) is 4.69. The van der Waals surface area contributed by atoms with Gasteiger partial charge in [0.05, 0.1) is 13.2 Å². The van der Waals surface area contributed by atoms with Gasteiger partial charge in [-0.2, -0.15) is 0 Å². The van der Waals surface area contributed by atoms with Gasteiger partial charge in [-0.1, -0.05) is 13.8 Å². The highest BCUT2D eigenvalue weighted by Crippen LogP contribution is 2.25. The van der Waals surface area contributed by atoms with Crippen LogP contribution in [-0.2, 0) is 0 Å².